The van der Waals surface area contributed by atoms with Gasteiger partial charge in [-0.05, 0) is 39.0 Å². The molecule has 3 rings (SSSR count). The molecule has 146 valence electrons. The second-order valence-electron chi connectivity index (χ2n) is 7.29. The molecule has 2 aromatic carbocycles. The standard InChI is InChI=1S/C21H23N3O4/c1-21(2,3)27-20(26)23-12-11-22-19(25)15-9-10-17-16(13-15)18(28-24-17)14-7-5-4-6-8-14/h4-10,13H,11-12H2,1-3H3,(H,22,25)(H,23,26). The lowest BCUT2D eigenvalue weighted by molar-refractivity contribution is 0.0526. The first kappa shape index (κ1) is 19.4. The fourth-order valence-electron chi connectivity index (χ4n) is 2.64. The highest BCUT2D eigenvalue weighted by Crippen LogP contribution is 2.29. The van der Waals surface area contributed by atoms with Crippen LogP contribution in [0.4, 0.5) is 4.79 Å². The highest BCUT2D eigenvalue weighted by atomic mass is 16.6. The lowest BCUT2D eigenvalue weighted by atomic mass is 10.1. The van der Waals surface area contributed by atoms with Gasteiger partial charge in [0, 0.05) is 24.2 Å². The molecule has 1 aromatic heterocycles. The zero-order chi connectivity index (χ0) is 20.1. The number of alkyl carbamates (subject to hydrolysis) is 1. The Labute approximate surface area is 163 Å². The zero-order valence-electron chi connectivity index (χ0n) is 16.1. The van der Waals surface area contributed by atoms with Gasteiger partial charge >= 0.3 is 6.09 Å². The van der Waals surface area contributed by atoms with Crippen molar-refractivity contribution in [3.05, 3.63) is 54.1 Å². The molecule has 1 heterocycles. The molecule has 0 unspecified atom stereocenters. The maximum absolute atomic E-state index is 12.4. The molecule has 0 aliphatic rings. The fourth-order valence-corrected chi connectivity index (χ4v) is 2.64. The van der Waals surface area contributed by atoms with Gasteiger partial charge in [-0.25, -0.2) is 4.79 Å². The number of carbonyl (C=O) groups excluding carboxylic acids is 2. The molecule has 0 aliphatic carbocycles. The first-order valence-electron chi connectivity index (χ1n) is 9.03. The summed E-state index contributed by atoms with van der Waals surface area (Å²) in [5.74, 6) is 0.380. The summed E-state index contributed by atoms with van der Waals surface area (Å²) < 4.78 is 10.6. The van der Waals surface area contributed by atoms with Gasteiger partial charge in [-0.3, -0.25) is 4.79 Å². The van der Waals surface area contributed by atoms with E-state index in [9.17, 15) is 9.59 Å². The summed E-state index contributed by atoms with van der Waals surface area (Å²) in [5.41, 5.74) is 1.51. The summed E-state index contributed by atoms with van der Waals surface area (Å²) in [6.07, 6.45) is -0.514. The number of fused-ring (bicyclic) bond motifs is 1. The molecule has 2 amide bonds. The van der Waals surface area contributed by atoms with Crippen LogP contribution in [0.15, 0.2) is 53.1 Å². The predicted molar refractivity (Wildman–Crippen MR) is 106 cm³/mol. The molecule has 3 aromatic rings. The highest BCUT2D eigenvalue weighted by Gasteiger charge is 2.16. The molecular formula is C21H23N3O4. The van der Waals surface area contributed by atoms with Gasteiger partial charge in [-0.2, -0.15) is 0 Å². The van der Waals surface area contributed by atoms with Crippen molar-refractivity contribution < 1.29 is 18.8 Å². The Morgan fingerprint density at radius 1 is 1.04 bits per heavy atom. The van der Waals surface area contributed by atoms with E-state index < -0.39 is 11.7 Å². The van der Waals surface area contributed by atoms with Crippen LogP contribution in [0.1, 0.15) is 31.1 Å². The van der Waals surface area contributed by atoms with Crippen LogP contribution in [-0.2, 0) is 4.74 Å². The molecular weight excluding hydrogens is 358 g/mol. The van der Waals surface area contributed by atoms with Crippen LogP contribution in [0.25, 0.3) is 22.2 Å². The number of amides is 2. The molecule has 0 saturated heterocycles. The van der Waals surface area contributed by atoms with Crippen molar-refractivity contribution in [2.45, 2.75) is 26.4 Å². The van der Waals surface area contributed by atoms with E-state index in [1.807, 2.05) is 30.3 Å². The van der Waals surface area contributed by atoms with Crippen LogP contribution in [-0.4, -0.2) is 35.8 Å². The van der Waals surface area contributed by atoms with Gasteiger partial charge in [0.25, 0.3) is 5.91 Å². The normalized spacial score (nSPS) is 11.2. The summed E-state index contributed by atoms with van der Waals surface area (Å²) in [7, 11) is 0. The minimum absolute atomic E-state index is 0.242. The second-order valence-corrected chi connectivity index (χ2v) is 7.29. The maximum Gasteiger partial charge on any atom is 0.407 e. The summed E-state index contributed by atoms with van der Waals surface area (Å²) in [6, 6.07) is 14.8. The van der Waals surface area contributed by atoms with E-state index in [2.05, 4.69) is 15.8 Å². The van der Waals surface area contributed by atoms with Gasteiger partial charge in [0.15, 0.2) is 5.76 Å². The SMILES string of the molecule is CC(C)(C)OC(=O)NCCNC(=O)c1ccc2noc(-c3ccccc3)c2c1. The van der Waals surface area contributed by atoms with E-state index in [-0.39, 0.29) is 19.0 Å². The summed E-state index contributed by atoms with van der Waals surface area (Å²) in [6.45, 7) is 5.92. The summed E-state index contributed by atoms with van der Waals surface area (Å²) in [4.78, 5) is 24.0. The number of aromatic nitrogens is 1. The van der Waals surface area contributed by atoms with Crippen molar-refractivity contribution in [1.82, 2.24) is 15.8 Å². The first-order valence-corrected chi connectivity index (χ1v) is 9.03. The molecule has 0 aliphatic heterocycles. The van der Waals surface area contributed by atoms with Crippen LogP contribution in [0.3, 0.4) is 0 Å². The quantitative estimate of drug-likeness (QED) is 0.657. The lowest BCUT2D eigenvalue weighted by Crippen LogP contribution is -2.37. The minimum Gasteiger partial charge on any atom is -0.444 e. The Kier molecular flexibility index (Phi) is 5.63. The van der Waals surface area contributed by atoms with E-state index in [1.54, 1.807) is 39.0 Å². The number of nitrogens with zero attached hydrogens (tertiary/aromatic N) is 1. The van der Waals surface area contributed by atoms with Gasteiger partial charge in [0.2, 0.25) is 0 Å². The Morgan fingerprint density at radius 3 is 2.46 bits per heavy atom. The average molecular weight is 381 g/mol. The van der Waals surface area contributed by atoms with Crippen LogP contribution < -0.4 is 10.6 Å². The number of nitrogens with one attached hydrogen (secondary N) is 2. The van der Waals surface area contributed by atoms with Gasteiger partial charge in [-0.15, -0.1) is 0 Å². The maximum atomic E-state index is 12.4. The molecule has 7 heteroatoms. The Balaban J connectivity index is 1.62. The molecule has 0 fully saturated rings. The Bertz CT molecular complexity index is 974. The zero-order valence-corrected chi connectivity index (χ0v) is 16.1. The van der Waals surface area contributed by atoms with E-state index >= 15 is 0 Å². The van der Waals surface area contributed by atoms with Crippen molar-refractivity contribution in [3.8, 4) is 11.3 Å². The number of carbonyl (C=O) groups is 2. The Morgan fingerprint density at radius 2 is 1.75 bits per heavy atom. The van der Waals surface area contributed by atoms with E-state index in [0.717, 1.165) is 10.9 Å². The van der Waals surface area contributed by atoms with Crippen molar-refractivity contribution in [3.63, 3.8) is 0 Å². The predicted octanol–water partition coefficient (Wildman–Crippen LogP) is 3.75. The monoisotopic (exact) mass is 381 g/mol. The summed E-state index contributed by atoms with van der Waals surface area (Å²) >= 11 is 0. The fraction of sp³-hybridized carbons (Fsp3) is 0.286. The van der Waals surface area contributed by atoms with Crippen molar-refractivity contribution in [1.29, 1.82) is 0 Å². The Hall–Kier alpha value is -3.35. The minimum atomic E-state index is -0.558. The number of ether oxygens (including phenoxy) is 1. The molecule has 0 radical (unpaired) electrons. The number of hydrogen-bond acceptors (Lipinski definition) is 5. The summed E-state index contributed by atoms with van der Waals surface area (Å²) in [5, 5.41) is 10.2. The van der Waals surface area contributed by atoms with E-state index in [4.69, 9.17) is 9.26 Å². The molecule has 0 bridgehead atoms. The number of benzene rings is 2. The lowest BCUT2D eigenvalue weighted by Gasteiger charge is -2.19. The van der Waals surface area contributed by atoms with Gasteiger partial charge in [0.05, 0.1) is 5.39 Å². The third-order valence-electron chi connectivity index (χ3n) is 3.85. The van der Waals surface area contributed by atoms with Gasteiger partial charge in [0.1, 0.15) is 11.1 Å². The third-order valence-corrected chi connectivity index (χ3v) is 3.85. The van der Waals surface area contributed by atoms with Gasteiger partial charge in [-0.1, -0.05) is 35.5 Å². The topological polar surface area (TPSA) is 93.5 Å². The number of rotatable bonds is 5. The molecule has 28 heavy (non-hydrogen) atoms. The highest BCUT2D eigenvalue weighted by molar-refractivity contribution is 6.00. The van der Waals surface area contributed by atoms with Crippen LogP contribution in [0, 0.1) is 0 Å². The van der Waals surface area contributed by atoms with Crippen molar-refractivity contribution in [2.75, 3.05) is 13.1 Å². The molecule has 2 N–H and O–H groups in total. The molecule has 0 saturated carbocycles. The van der Waals surface area contributed by atoms with E-state index in [1.165, 1.54) is 0 Å². The first-order chi connectivity index (χ1) is 13.3. The van der Waals surface area contributed by atoms with Crippen molar-refractivity contribution in [2.24, 2.45) is 0 Å². The molecule has 7 nitrogen and oxygen atoms in total. The molecule has 0 atom stereocenters. The smallest absolute Gasteiger partial charge is 0.407 e. The largest absolute Gasteiger partial charge is 0.444 e. The van der Waals surface area contributed by atoms with Crippen LogP contribution >= 0.6 is 0 Å². The average Bonchev–Trinajstić information content (AvgIpc) is 3.07. The van der Waals surface area contributed by atoms with Crippen LogP contribution in [0.2, 0.25) is 0 Å². The second kappa shape index (κ2) is 8.12. The van der Waals surface area contributed by atoms with Crippen molar-refractivity contribution >= 4 is 22.9 Å². The number of hydrogen-bond donors (Lipinski definition) is 2. The molecule has 0 spiro atoms. The third kappa shape index (κ3) is 4.88. The van der Waals surface area contributed by atoms with Gasteiger partial charge < -0.3 is 19.9 Å². The van der Waals surface area contributed by atoms with Crippen LogP contribution in [0.5, 0.6) is 0 Å². The van der Waals surface area contributed by atoms with E-state index in [0.29, 0.717) is 16.8 Å².